The maximum Gasteiger partial charge on any atom is 0.168 e. The Morgan fingerprint density at radius 3 is 2.76 bits per heavy atom. The Labute approximate surface area is 137 Å². The molecule has 104 valence electrons. The summed E-state index contributed by atoms with van der Waals surface area (Å²) in [5, 5.41) is 1.05. The highest BCUT2D eigenvalue weighted by molar-refractivity contribution is 14.1. The molecule has 0 aliphatic rings. The molecule has 0 aliphatic carbocycles. The summed E-state index contributed by atoms with van der Waals surface area (Å²) in [6, 6.07) is 15.7. The van der Waals surface area contributed by atoms with Crippen LogP contribution in [0, 0.1) is 10.5 Å². The van der Waals surface area contributed by atoms with Crippen LogP contribution in [-0.2, 0) is 6.42 Å². The van der Waals surface area contributed by atoms with Crippen molar-refractivity contribution in [2.75, 3.05) is 0 Å². The van der Waals surface area contributed by atoms with Gasteiger partial charge in [0.1, 0.15) is 0 Å². The van der Waals surface area contributed by atoms with Crippen LogP contribution in [0.4, 0.5) is 0 Å². The Bertz CT molecular complexity index is 821. The van der Waals surface area contributed by atoms with Crippen LogP contribution in [0.25, 0.3) is 10.9 Å². The van der Waals surface area contributed by atoms with Crippen LogP contribution in [0.1, 0.15) is 21.5 Å². The maximum atomic E-state index is 12.6. The minimum Gasteiger partial charge on any atom is -0.294 e. The number of benzene rings is 2. The molecule has 3 rings (SSSR count). The lowest BCUT2D eigenvalue weighted by molar-refractivity contribution is 0.0992. The fourth-order valence-electron chi connectivity index (χ4n) is 2.44. The first-order chi connectivity index (χ1) is 10.2. The van der Waals surface area contributed by atoms with Crippen LogP contribution >= 0.6 is 22.6 Å². The van der Waals surface area contributed by atoms with Gasteiger partial charge in [-0.15, -0.1) is 0 Å². The van der Waals surface area contributed by atoms with Gasteiger partial charge < -0.3 is 0 Å². The van der Waals surface area contributed by atoms with E-state index in [1.165, 1.54) is 0 Å². The van der Waals surface area contributed by atoms with E-state index in [9.17, 15) is 4.79 Å². The highest BCUT2D eigenvalue weighted by Crippen LogP contribution is 2.21. The molecule has 3 heteroatoms. The first-order valence-corrected chi connectivity index (χ1v) is 7.85. The van der Waals surface area contributed by atoms with Gasteiger partial charge in [-0.05, 0) is 52.8 Å². The molecule has 0 atom stereocenters. The van der Waals surface area contributed by atoms with E-state index in [-0.39, 0.29) is 5.78 Å². The average molecular weight is 387 g/mol. The minimum absolute atomic E-state index is 0.152. The van der Waals surface area contributed by atoms with E-state index in [0.29, 0.717) is 6.42 Å². The molecule has 1 heterocycles. The van der Waals surface area contributed by atoms with Crippen LogP contribution in [-0.4, -0.2) is 10.8 Å². The number of carbonyl (C=O) groups excluding carboxylic acids is 1. The average Bonchev–Trinajstić information content (AvgIpc) is 2.50. The number of pyridine rings is 1. The molecule has 0 spiro atoms. The Kier molecular flexibility index (Phi) is 4.01. The molecule has 3 aromatic rings. The number of nitrogens with zero attached hydrogens (tertiary/aromatic N) is 1. The standard InChI is InChI=1S/C18H14INO/c1-12-5-4-7-15(18(12)19)17(21)11-13-9-10-20-16-8-3-2-6-14(13)16/h2-10H,11H2,1H3. The van der Waals surface area contributed by atoms with Crippen molar-refractivity contribution in [2.24, 2.45) is 0 Å². The number of aryl methyl sites for hydroxylation is 1. The predicted molar refractivity (Wildman–Crippen MR) is 93.7 cm³/mol. The smallest absolute Gasteiger partial charge is 0.168 e. The van der Waals surface area contributed by atoms with Gasteiger partial charge in [0.2, 0.25) is 0 Å². The number of halogens is 1. The number of rotatable bonds is 3. The number of para-hydroxylation sites is 1. The van der Waals surface area contributed by atoms with Crippen LogP contribution in [0.15, 0.2) is 54.7 Å². The molecular formula is C18H14INO. The number of hydrogen-bond acceptors (Lipinski definition) is 2. The summed E-state index contributed by atoms with van der Waals surface area (Å²) in [5.41, 5.74) is 3.90. The first kappa shape index (κ1) is 14.2. The zero-order valence-electron chi connectivity index (χ0n) is 11.6. The molecule has 2 aromatic carbocycles. The van der Waals surface area contributed by atoms with E-state index in [4.69, 9.17) is 0 Å². The van der Waals surface area contributed by atoms with E-state index in [2.05, 4.69) is 27.6 Å². The van der Waals surface area contributed by atoms with Crippen LogP contribution in [0.3, 0.4) is 0 Å². The monoisotopic (exact) mass is 387 g/mol. The zero-order chi connectivity index (χ0) is 14.8. The molecule has 1 aromatic heterocycles. The second kappa shape index (κ2) is 5.93. The van der Waals surface area contributed by atoms with Gasteiger partial charge in [0.25, 0.3) is 0 Å². The van der Waals surface area contributed by atoms with E-state index in [1.807, 2.05) is 55.5 Å². The largest absolute Gasteiger partial charge is 0.294 e. The molecule has 0 bridgehead atoms. The molecule has 0 amide bonds. The minimum atomic E-state index is 0.152. The summed E-state index contributed by atoms with van der Waals surface area (Å²) in [4.78, 5) is 16.9. The highest BCUT2D eigenvalue weighted by Gasteiger charge is 2.13. The van der Waals surface area contributed by atoms with Crippen molar-refractivity contribution in [1.29, 1.82) is 0 Å². The lowest BCUT2D eigenvalue weighted by Gasteiger charge is -2.08. The van der Waals surface area contributed by atoms with Gasteiger partial charge >= 0.3 is 0 Å². The Morgan fingerprint density at radius 2 is 1.90 bits per heavy atom. The van der Waals surface area contributed by atoms with Gasteiger partial charge in [-0.1, -0.05) is 36.4 Å². The third-order valence-corrected chi connectivity index (χ3v) is 5.01. The second-order valence-electron chi connectivity index (χ2n) is 5.02. The van der Waals surface area contributed by atoms with Crippen molar-refractivity contribution in [1.82, 2.24) is 4.98 Å². The van der Waals surface area contributed by atoms with E-state index in [0.717, 1.165) is 31.2 Å². The SMILES string of the molecule is Cc1cccc(C(=O)Cc2ccnc3ccccc23)c1I. The van der Waals surface area contributed by atoms with E-state index >= 15 is 0 Å². The molecule has 0 saturated carbocycles. The van der Waals surface area contributed by atoms with Gasteiger partial charge in [0.15, 0.2) is 5.78 Å². The molecule has 0 unspecified atom stereocenters. The normalized spacial score (nSPS) is 10.8. The number of aromatic nitrogens is 1. The number of fused-ring (bicyclic) bond motifs is 1. The Hall–Kier alpha value is -1.75. The number of hydrogen-bond donors (Lipinski definition) is 0. The predicted octanol–water partition coefficient (Wildman–Crippen LogP) is 4.57. The second-order valence-corrected chi connectivity index (χ2v) is 6.10. The molecule has 0 fully saturated rings. The number of Topliss-reactive ketones (excluding diaryl/α,β-unsaturated/α-hetero) is 1. The summed E-state index contributed by atoms with van der Waals surface area (Å²) >= 11 is 2.25. The van der Waals surface area contributed by atoms with Crippen LogP contribution in [0.2, 0.25) is 0 Å². The maximum absolute atomic E-state index is 12.6. The van der Waals surface area contributed by atoms with Crippen molar-refractivity contribution in [3.63, 3.8) is 0 Å². The molecular weight excluding hydrogens is 373 g/mol. The van der Waals surface area contributed by atoms with E-state index in [1.54, 1.807) is 6.20 Å². The van der Waals surface area contributed by atoms with Crippen LogP contribution in [0.5, 0.6) is 0 Å². The summed E-state index contributed by atoms with van der Waals surface area (Å²) in [6.07, 6.45) is 2.18. The third-order valence-electron chi connectivity index (χ3n) is 3.58. The fraction of sp³-hybridized carbons (Fsp3) is 0.111. The third kappa shape index (κ3) is 2.83. The first-order valence-electron chi connectivity index (χ1n) is 6.78. The van der Waals surface area contributed by atoms with E-state index < -0.39 is 0 Å². The summed E-state index contributed by atoms with van der Waals surface area (Å²) in [5.74, 6) is 0.152. The molecule has 0 N–H and O–H groups in total. The van der Waals surface area contributed by atoms with Crippen molar-refractivity contribution in [3.05, 3.63) is 75.0 Å². The van der Waals surface area contributed by atoms with Crippen molar-refractivity contribution in [3.8, 4) is 0 Å². The highest BCUT2D eigenvalue weighted by atomic mass is 127. The molecule has 21 heavy (non-hydrogen) atoms. The van der Waals surface area contributed by atoms with Gasteiger partial charge in [-0.25, -0.2) is 0 Å². The van der Waals surface area contributed by atoms with Gasteiger partial charge in [0.05, 0.1) is 5.52 Å². The van der Waals surface area contributed by atoms with Crippen molar-refractivity contribution in [2.45, 2.75) is 13.3 Å². The van der Waals surface area contributed by atoms with Gasteiger partial charge in [0, 0.05) is 27.1 Å². The van der Waals surface area contributed by atoms with Gasteiger partial charge in [-0.2, -0.15) is 0 Å². The fourth-order valence-corrected chi connectivity index (χ4v) is 3.10. The lowest BCUT2D eigenvalue weighted by Crippen LogP contribution is -2.07. The lowest BCUT2D eigenvalue weighted by atomic mass is 9.99. The van der Waals surface area contributed by atoms with Crippen LogP contribution < -0.4 is 0 Å². The molecule has 0 aliphatic heterocycles. The topological polar surface area (TPSA) is 30.0 Å². The van der Waals surface area contributed by atoms with Crippen molar-refractivity contribution < 1.29 is 4.79 Å². The number of ketones is 1. The Balaban J connectivity index is 1.99. The van der Waals surface area contributed by atoms with Crippen molar-refractivity contribution >= 4 is 39.3 Å². The Morgan fingerprint density at radius 1 is 1.10 bits per heavy atom. The summed E-state index contributed by atoms with van der Waals surface area (Å²) in [6.45, 7) is 2.03. The summed E-state index contributed by atoms with van der Waals surface area (Å²) in [7, 11) is 0. The number of carbonyl (C=O) groups is 1. The molecule has 2 nitrogen and oxygen atoms in total. The summed E-state index contributed by atoms with van der Waals surface area (Å²) < 4.78 is 1.04. The molecule has 0 saturated heterocycles. The zero-order valence-corrected chi connectivity index (χ0v) is 13.8. The quantitative estimate of drug-likeness (QED) is 0.487. The van der Waals surface area contributed by atoms with Gasteiger partial charge in [-0.3, -0.25) is 9.78 Å². The molecule has 0 radical (unpaired) electrons.